The van der Waals surface area contributed by atoms with E-state index in [2.05, 4.69) is 42.8 Å². The number of benzene rings is 3. The Morgan fingerprint density at radius 2 is 1.63 bits per heavy atom. The fourth-order valence-corrected chi connectivity index (χ4v) is 10.8. The highest BCUT2D eigenvalue weighted by Crippen LogP contribution is 2.41. The van der Waals surface area contributed by atoms with Crippen LogP contribution in [0.15, 0.2) is 82.8 Å². The summed E-state index contributed by atoms with van der Waals surface area (Å²) in [6.45, 7) is 7.65. The largest absolute Gasteiger partial charge is 0.507 e. The lowest BCUT2D eigenvalue weighted by atomic mass is 9.85. The number of fused-ring (bicyclic) bond motifs is 1. The third-order valence-corrected chi connectivity index (χ3v) is 15.8. The number of likely N-dealkylation sites (N-methyl/N-ethyl adjacent to an activating group) is 1. The van der Waals surface area contributed by atoms with E-state index < -0.39 is 58.9 Å². The summed E-state index contributed by atoms with van der Waals surface area (Å²) in [7, 11) is 1.57. The third-order valence-electron chi connectivity index (χ3n) is 14.8. The summed E-state index contributed by atoms with van der Waals surface area (Å²) in [5, 5.41) is 39.9. The van der Waals surface area contributed by atoms with E-state index in [1.54, 1.807) is 39.4 Å². The van der Waals surface area contributed by atoms with Gasteiger partial charge in [0.15, 0.2) is 17.1 Å². The van der Waals surface area contributed by atoms with Gasteiger partial charge in [0.1, 0.15) is 17.8 Å². The van der Waals surface area contributed by atoms with Crippen LogP contribution in [0, 0.1) is 12.3 Å². The number of aromatic nitrogens is 2. The van der Waals surface area contributed by atoms with E-state index in [1.807, 2.05) is 49.4 Å². The summed E-state index contributed by atoms with van der Waals surface area (Å²) in [5.74, 6) is -3.45. The molecule has 1 saturated carbocycles. The lowest BCUT2D eigenvalue weighted by Gasteiger charge is -2.36. The number of aliphatic hydroxyl groups is 1. The lowest BCUT2D eigenvalue weighted by Crippen LogP contribution is -2.59. The average Bonchev–Trinajstić information content (AvgIpc) is 4.08. The Morgan fingerprint density at radius 1 is 0.911 bits per heavy atom. The first kappa shape index (κ1) is 57.6. The molecule has 5 aromatic rings. The molecule has 0 unspecified atom stereocenters. The molecule has 1 aliphatic heterocycles. The van der Waals surface area contributed by atoms with E-state index in [1.165, 1.54) is 44.9 Å². The van der Waals surface area contributed by atoms with Crippen LogP contribution in [-0.2, 0) is 30.4 Å². The predicted molar refractivity (Wildman–Crippen MR) is 293 cm³/mol. The number of hydrogen-bond acceptors (Lipinski definition) is 13. The standard InChI is InChI=1S/C58H70FN9O10S/c1-34-50(79-33-62-34)37-17-15-36(16-18-37)43(64-53(74)45-29-39(69)32-68(45)55(76)51(57(2,3)4)65-56(77)58(59)23-24-58)31-49(72)60-25-11-7-6-8-14-48(71)61-26-27-67(5)54(75)41-21-19-38(28-46(41)70)47-30-44(66-78-47)52(73)63-42-22-20-35-12-9-10-13-40(35)42/h9-10,12-13,15-19,21,28,30,33,39,42-43,45,51,69-70H,6-8,11,14,20,22-27,29,31-32H2,1-5H3,(H,60,72)(H,61,71)(H,63,73)(H,64,74)(H,65,77)/t39-,42-,43+,45+,51-/m1/s1. The van der Waals surface area contributed by atoms with Gasteiger partial charge in [0.05, 0.1) is 46.3 Å². The Balaban J connectivity index is 0.758. The second-order valence-corrected chi connectivity index (χ2v) is 22.8. The van der Waals surface area contributed by atoms with E-state index in [0.29, 0.717) is 30.5 Å². The number of amides is 7. The molecule has 7 amide bonds. The summed E-state index contributed by atoms with van der Waals surface area (Å²) in [6, 6.07) is 18.1. The minimum Gasteiger partial charge on any atom is -0.507 e. The summed E-state index contributed by atoms with van der Waals surface area (Å²) >= 11 is 1.49. The minimum atomic E-state index is -2.02. The highest BCUT2D eigenvalue weighted by molar-refractivity contribution is 7.13. The number of aliphatic hydroxyl groups excluding tert-OH is 1. The molecule has 7 N–H and O–H groups in total. The first-order valence-corrected chi connectivity index (χ1v) is 27.8. The SMILES string of the molecule is Cc1ncsc1-c1ccc([C@H](CC(=O)NCCCCCCC(=O)NCCN(C)C(=O)c2ccc(-c3cc(C(=O)N[C@@H]4CCc5ccccc54)no3)cc2O)NC(=O)[C@@H]2C[C@@H](O)CN2C(=O)[C@@H](NC(=O)C2(F)CC2)C(C)(C)C)cc1. The molecule has 0 bridgehead atoms. The van der Waals surface area contributed by atoms with Gasteiger partial charge in [-0.15, -0.1) is 11.3 Å². The van der Waals surface area contributed by atoms with Crippen LogP contribution in [0.1, 0.15) is 140 Å². The predicted octanol–water partition coefficient (Wildman–Crippen LogP) is 6.39. The number of β-amino-alcohol motifs (C(OH)–C–C–N with tert-alkyl or cyclic N) is 1. The molecule has 19 nitrogen and oxygen atoms in total. The van der Waals surface area contributed by atoms with Crippen molar-refractivity contribution in [3.05, 3.63) is 112 Å². The van der Waals surface area contributed by atoms with Crippen molar-refractivity contribution in [1.29, 1.82) is 0 Å². The van der Waals surface area contributed by atoms with Crippen molar-refractivity contribution in [2.24, 2.45) is 5.41 Å². The van der Waals surface area contributed by atoms with E-state index in [-0.39, 0.29) is 98.3 Å². The number of nitrogens with zero attached hydrogens (tertiary/aromatic N) is 4. The number of aromatic hydroxyl groups is 1. The molecule has 21 heteroatoms. The summed E-state index contributed by atoms with van der Waals surface area (Å²) in [5.41, 5.74) is 4.16. The van der Waals surface area contributed by atoms with Crippen molar-refractivity contribution in [2.45, 2.75) is 134 Å². The van der Waals surface area contributed by atoms with Crippen molar-refractivity contribution in [3.63, 3.8) is 0 Å². The number of rotatable bonds is 23. The fraction of sp³-hybridized carbons (Fsp3) is 0.466. The van der Waals surface area contributed by atoms with E-state index in [0.717, 1.165) is 47.4 Å². The van der Waals surface area contributed by atoms with Crippen molar-refractivity contribution >= 4 is 52.7 Å². The van der Waals surface area contributed by atoms with Gasteiger partial charge < -0.3 is 51.1 Å². The number of phenolic OH excluding ortho intramolecular Hbond substituents is 1. The average molecular weight is 1100 g/mol. The fourth-order valence-electron chi connectivity index (χ4n) is 10.0. The third kappa shape index (κ3) is 14.4. The normalized spacial score (nSPS) is 18.0. The summed E-state index contributed by atoms with van der Waals surface area (Å²) in [6.07, 6.45) is 3.50. The number of phenols is 1. The summed E-state index contributed by atoms with van der Waals surface area (Å²) in [4.78, 5) is 101. The molecule has 2 fully saturated rings. The number of alkyl halides is 1. The molecule has 2 aromatic heterocycles. The maximum atomic E-state index is 14.7. The number of aryl methyl sites for hydroxylation is 2. The quantitative estimate of drug-likeness (QED) is 0.0351. The lowest BCUT2D eigenvalue weighted by molar-refractivity contribution is -0.145. The molecule has 79 heavy (non-hydrogen) atoms. The van der Waals surface area contributed by atoms with Gasteiger partial charge in [0.25, 0.3) is 17.7 Å². The van der Waals surface area contributed by atoms with Crippen molar-refractivity contribution in [2.75, 3.05) is 33.2 Å². The van der Waals surface area contributed by atoms with Crippen molar-refractivity contribution in [3.8, 4) is 27.5 Å². The van der Waals surface area contributed by atoms with Crippen LogP contribution in [0.3, 0.4) is 0 Å². The zero-order valence-corrected chi connectivity index (χ0v) is 46.1. The Kier molecular flexibility index (Phi) is 18.3. The second-order valence-electron chi connectivity index (χ2n) is 22.0. The van der Waals surface area contributed by atoms with E-state index in [9.17, 15) is 48.2 Å². The Bertz CT molecular complexity index is 3040. The van der Waals surface area contributed by atoms with Crippen LogP contribution in [0.5, 0.6) is 5.75 Å². The molecule has 3 aliphatic rings. The van der Waals surface area contributed by atoms with Gasteiger partial charge in [0.2, 0.25) is 23.6 Å². The minimum absolute atomic E-state index is 0.0517. The molecule has 3 heterocycles. The molecule has 0 radical (unpaired) electrons. The number of hydrogen-bond donors (Lipinski definition) is 7. The van der Waals surface area contributed by atoms with Gasteiger partial charge in [-0.25, -0.2) is 9.37 Å². The maximum absolute atomic E-state index is 14.7. The number of unbranched alkanes of at least 4 members (excludes halogenated alkanes) is 3. The van der Waals surface area contributed by atoms with Gasteiger partial charge in [-0.3, -0.25) is 33.6 Å². The smallest absolute Gasteiger partial charge is 0.273 e. The van der Waals surface area contributed by atoms with Crippen LogP contribution < -0.4 is 26.6 Å². The maximum Gasteiger partial charge on any atom is 0.273 e. The molecule has 0 spiro atoms. The molecule has 420 valence electrons. The number of carbonyl (C=O) groups excluding carboxylic acids is 7. The Labute approximate surface area is 462 Å². The van der Waals surface area contributed by atoms with Crippen LogP contribution in [0.25, 0.3) is 21.8 Å². The van der Waals surface area contributed by atoms with Crippen molar-refractivity contribution < 1.29 is 52.7 Å². The highest BCUT2D eigenvalue weighted by Gasteiger charge is 2.53. The van der Waals surface area contributed by atoms with Gasteiger partial charge in [-0.1, -0.05) is 93.4 Å². The second kappa shape index (κ2) is 25.1. The van der Waals surface area contributed by atoms with E-state index >= 15 is 0 Å². The highest BCUT2D eigenvalue weighted by atomic mass is 32.1. The molecule has 3 aromatic carbocycles. The summed E-state index contributed by atoms with van der Waals surface area (Å²) < 4.78 is 20.2. The zero-order valence-electron chi connectivity index (χ0n) is 45.2. The van der Waals surface area contributed by atoms with Gasteiger partial charge in [-0.05, 0) is 85.3 Å². The number of nitrogens with one attached hydrogen (secondary N) is 5. The Morgan fingerprint density at radius 3 is 2.34 bits per heavy atom. The Hall–Kier alpha value is -7.52. The van der Waals surface area contributed by atoms with Crippen molar-refractivity contribution in [1.82, 2.24) is 46.5 Å². The number of carbonyl (C=O) groups is 7. The first-order valence-electron chi connectivity index (χ1n) is 27.0. The number of halogens is 1. The first-order chi connectivity index (χ1) is 37.7. The number of likely N-dealkylation sites (tertiary alicyclic amines) is 1. The molecule has 8 rings (SSSR count). The van der Waals surface area contributed by atoms with Crippen LogP contribution in [0.4, 0.5) is 4.39 Å². The van der Waals surface area contributed by atoms with Gasteiger partial charge in [0, 0.05) is 57.7 Å². The molecular weight excluding hydrogens is 1030 g/mol. The molecule has 2 aliphatic carbocycles. The topological polar surface area (TPSA) is 265 Å². The van der Waals surface area contributed by atoms with E-state index in [4.69, 9.17) is 4.52 Å². The monoisotopic (exact) mass is 1100 g/mol. The van der Waals surface area contributed by atoms with Crippen LogP contribution in [0.2, 0.25) is 0 Å². The van der Waals surface area contributed by atoms with Crippen LogP contribution >= 0.6 is 11.3 Å². The molecule has 1 saturated heterocycles. The van der Waals surface area contributed by atoms with Crippen LogP contribution in [-0.4, -0.2) is 129 Å². The molecule has 5 atom stereocenters. The van der Waals surface area contributed by atoms with Gasteiger partial charge in [-0.2, -0.15) is 0 Å². The zero-order chi connectivity index (χ0) is 56.6. The molecular formula is C58H70FN9O10S. The van der Waals surface area contributed by atoms with Gasteiger partial charge >= 0.3 is 0 Å². The number of thiazole rings is 1.